The molecule has 1 aliphatic heterocycles. The van der Waals surface area contributed by atoms with Crippen molar-refractivity contribution < 1.29 is 4.79 Å². The Morgan fingerprint density at radius 2 is 2.21 bits per heavy atom. The van der Waals surface area contributed by atoms with Crippen LogP contribution in [0.15, 0.2) is 24.3 Å². The van der Waals surface area contributed by atoms with E-state index in [1.165, 1.54) is 0 Å². The molecule has 0 spiro atoms. The van der Waals surface area contributed by atoms with Crippen LogP contribution < -0.4 is 5.73 Å². The van der Waals surface area contributed by atoms with E-state index in [0.29, 0.717) is 6.42 Å². The molecule has 0 radical (unpaired) electrons. The molecular weight excluding hydrogens is 260 g/mol. The molecule has 2 unspecified atom stereocenters. The van der Waals surface area contributed by atoms with Crippen LogP contribution in [0.25, 0.3) is 0 Å². The average molecular weight is 281 g/mol. The number of likely N-dealkylation sites (tertiary alicyclic amines) is 1. The second-order valence-electron chi connectivity index (χ2n) is 5.45. The van der Waals surface area contributed by atoms with Gasteiger partial charge < -0.3 is 10.6 Å². The Morgan fingerprint density at radius 1 is 1.53 bits per heavy atom. The number of benzene rings is 1. The smallest absolute Gasteiger partial charge is 0.242 e. The first-order valence-electron chi connectivity index (χ1n) is 6.81. The SMILES string of the molecule is CCC(C)(N)C(=O)N1CCCC1c1ccccc1Cl. The highest BCUT2D eigenvalue weighted by Crippen LogP contribution is 2.36. The lowest BCUT2D eigenvalue weighted by atomic mass is 9.96. The Hall–Kier alpha value is -1.06. The Bertz CT molecular complexity index is 473. The van der Waals surface area contributed by atoms with E-state index in [1.54, 1.807) is 6.92 Å². The molecule has 1 heterocycles. The van der Waals surface area contributed by atoms with Crippen LogP contribution in [0.2, 0.25) is 5.02 Å². The van der Waals surface area contributed by atoms with E-state index in [-0.39, 0.29) is 11.9 Å². The molecule has 0 saturated carbocycles. The summed E-state index contributed by atoms with van der Waals surface area (Å²) < 4.78 is 0. The number of carbonyl (C=O) groups is 1. The molecular formula is C15H21ClN2O. The largest absolute Gasteiger partial charge is 0.334 e. The number of amides is 1. The zero-order valence-corrected chi connectivity index (χ0v) is 12.3. The van der Waals surface area contributed by atoms with E-state index in [0.717, 1.165) is 30.0 Å². The number of carbonyl (C=O) groups excluding carboxylic acids is 1. The third-order valence-corrected chi connectivity index (χ3v) is 4.35. The van der Waals surface area contributed by atoms with Gasteiger partial charge in [0.25, 0.3) is 0 Å². The predicted molar refractivity (Wildman–Crippen MR) is 78.0 cm³/mol. The topological polar surface area (TPSA) is 46.3 Å². The molecule has 0 bridgehead atoms. The van der Waals surface area contributed by atoms with Gasteiger partial charge in [-0.15, -0.1) is 0 Å². The zero-order valence-electron chi connectivity index (χ0n) is 11.5. The molecule has 1 aliphatic rings. The first kappa shape index (κ1) is 14.4. The molecule has 1 amide bonds. The van der Waals surface area contributed by atoms with Crippen molar-refractivity contribution in [2.75, 3.05) is 6.54 Å². The molecule has 1 aromatic rings. The van der Waals surface area contributed by atoms with Gasteiger partial charge >= 0.3 is 0 Å². The fourth-order valence-corrected chi connectivity index (χ4v) is 2.82. The van der Waals surface area contributed by atoms with Crippen molar-refractivity contribution in [1.29, 1.82) is 0 Å². The maximum absolute atomic E-state index is 12.6. The number of halogens is 1. The molecule has 2 N–H and O–H groups in total. The Labute approximate surface area is 119 Å². The first-order valence-corrected chi connectivity index (χ1v) is 7.19. The van der Waals surface area contributed by atoms with Crippen molar-refractivity contribution in [3.05, 3.63) is 34.9 Å². The highest BCUT2D eigenvalue weighted by Gasteiger charge is 2.38. The summed E-state index contributed by atoms with van der Waals surface area (Å²) in [5.41, 5.74) is 6.34. The standard InChI is InChI=1S/C15H21ClN2O/c1-3-15(2,17)14(19)18-10-6-9-13(18)11-7-4-5-8-12(11)16/h4-5,7-8,13H,3,6,9-10,17H2,1-2H3. The van der Waals surface area contributed by atoms with Crippen LogP contribution in [0.3, 0.4) is 0 Å². The van der Waals surface area contributed by atoms with Crippen LogP contribution in [0.1, 0.15) is 44.7 Å². The molecule has 3 nitrogen and oxygen atoms in total. The van der Waals surface area contributed by atoms with Crippen molar-refractivity contribution in [2.24, 2.45) is 5.73 Å². The molecule has 1 aromatic carbocycles. The number of rotatable bonds is 3. The predicted octanol–water partition coefficient (Wildman–Crippen LogP) is 3.13. The molecule has 1 fully saturated rings. The molecule has 0 aliphatic carbocycles. The maximum Gasteiger partial charge on any atom is 0.242 e. The van der Waals surface area contributed by atoms with E-state index in [2.05, 4.69) is 0 Å². The van der Waals surface area contributed by atoms with Crippen LogP contribution in [0, 0.1) is 0 Å². The van der Waals surface area contributed by atoms with Crippen molar-refractivity contribution >= 4 is 17.5 Å². The highest BCUT2D eigenvalue weighted by molar-refractivity contribution is 6.31. The fourth-order valence-electron chi connectivity index (χ4n) is 2.56. The molecule has 1 saturated heterocycles. The fraction of sp³-hybridized carbons (Fsp3) is 0.533. The highest BCUT2D eigenvalue weighted by atomic mass is 35.5. The van der Waals surface area contributed by atoms with Gasteiger partial charge in [0.1, 0.15) is 0 Å². The van der Waals surface area contributed by atoms with Gasteiger partial charge in [-0.2, -0.15) is 0 Å². The minimum atomic E-state index is -0.788. The molecule has 0 aromatic heterocycles. The van der Waals surface area contributed by atoms with Gasteiger partial charge in [-0.05, 0) is 37.8 Å². The molecule has 4 heteroatoms. The third kappa shape index (κ3) is 2.77. The van der Waals surface area contributed by atoms with Crippen molar-refractivity contribution in [1.82, 2.24) is 4.90 Å². The second kappa shape index (κ2) is 5.51. The molecule has 19 heavy (non-hydrogen) atoms. The first-order chi connectivity index (χ1) is 8.97. The summed E-state index contributed by atoms with van der Waals surface area (Å²) in [6.45, 7) is 4.51. The summed E-state index contributed by atoms with van der Waals surface area (Å²) in [6.07, 6.45) is 2.59. The van der Waals surface area contributed by atoms with Crippen LogP contribution >= 0.6 is 11.6 Å². The lowest BCUT2D eigenvalue weighted by Gasteiger charge is -2.33. The summed E-state index contributed by atoms with van der Waals surface area (Å²) in [7, 11) is 0. The molecule has 2 atom stereocenters. The second-order valence-corrected chi connectivity index (χ2v) is 5.86. The lowest BCUT2D eigenvalue weighted by molar-refractivity contribution is -0.137. The minimum absolute atomic E-state index is 0.0254. The van der Waals surface area contributed by atoms with Crippen molar-refractivity contribution in [3.8, 4) is 0 Å². The molecule has 104 valence electrons. The van der Waals surface area contributed by atoms with E-state index >= 15 is 0 Å². The lowest BCUT2D eigenvalue weighted by Crippen LogP contribution is -2.52. The average Bonchev–Trinajstić information content (AvgIpc) is 2.87. The quantitative estimate of drug-likeness (QED) is 0.925. The van der Waals surface area contributed by atoms with Gasteiger partial charge in [0.05, 0.1) is 11.6 Å². The van der Waals surface area contributed by atoms with E-state index in [4.69, 9.17) is 17.3 Å². The summed E-state index contributed by atoms with van der Waals surface area (Å²) in [4.78, 5) is 14.4. The van der Waals surface area contributed by atoms with Gasteiger partial charge in [-0.1, -0.05) is 36.7 Å². The van der Waals surface area contributed by atoms with Crippen LogP contribution in [0.4, 0.5) is 0 Å². The van der Waals surface area contributed by atoms with E-state index in [9.17, 15) is 4.79 Å². The normalized spacial score (nSPS) is 22.3. The minimum Gasteiger partial charge on any atom is -0.334 e. The third-order valence-electron chi connectivity index (χ3n) is 4.00. The van der Waals surface area contributed by atoms with Gasteiger partial charge in [-0.3, -0.25) is 4.79 Å². The summed E-state index contributed by atoms with van der Waals surface area (Å²) in [5, 5.41) is 0.724. The monoisotopic (exact) mass is 280 g/mol. The van der Waals surface area contributed by atoms with Gasteiger partial charge in [0.15, 0.2) is 0 Å². The van der Waals surface area contributed by atoms with Gasteiger partial charge in [0.2, 0.25) is 5.91 Å². The van der Waals surface area contributed by atoms with E-state index in [1.807, 2.05) is 36.1 Å². The van der Waals surface area contributed by atoms with Gasteiger partial charge in [0, 0.05) is 11.6 Å². The maximum atomic E-state index is 12.6. The Balaban J connectivity index is 2.28. The van der Waals surface area contributed by atoms with E-state index < -0.39 is 5.54 Å². The van der Waals surface area contributed by atoms with Crippen LogP contribution in [-0.2, 0) is 4.79 Å². The number of nitrogens with two attached hydrogens (primary N) is 1. The zero-order chi connectivity index (χ0) is 14.0. The number of nitrogens with zero attached hydrogens (tertiary/aromatic N) is 1. The number of hydrogen-bond donors (Lipinski definition) is 1. The van der Waals surface area contributed by atoms with Gasteiger partial charge in [-0.25, -0.2) is 0 Å². The summed E-state index contributed by atoms with van der Waals surface area (Å²) >= 11 is 6.25. The van der Waals surface area contributed by atoms with Crippen LogP contribution in [-0.4, -0.2) is 22.9 Å². The Morgan fingerprint density at radius 3 is 2.84 bits per heavy atom. The summed E-state index contributed by atoms with van der Waals surface area (Å²) in [5.74, 6) is 0.0254. The van der Waals surface area contributed by atoms with Crippen molar-refractivity contribution in [2.45, 2.75) is 44.7 Å². The van der Waals surface area contributed by atoms with Crippen molar-refractivity contribution in [3.63, 3.8) is 0 Å². The summed E-state index contributed by atoms with van der Waals surface area (Å²) in [6, 6.07) is 7.81. The Kier molecular flexibility index (Phi) is 4.16. The van der Waals surface area contributed by atoms with Crippen LogP contribution in [0.5, 0.6) is 0 Å². The number of hydrogen-bond acceptors (Lipinski definition) is 2. The molecule has 2 rings (SSSR count).